The first-order chi connectivity index (χ1) is 20.3. The number of amides is 1. The van der Waals surface area contributed by atoms with Gasteiger partial charge in [-0.1, -0.05) is 30.3 Å². The Bertz CT molecular complexity index is 1920. The molecule has 0 unspecified atom stereocenters. The molecule has 0 aliphatic carbocycles. The minimum absolute atomic E-state index is 0.0791. The Hall–Kier alpha value is -5.05. The van der Waals surface area contributed by atoms with Crippen LogP contribution in [0.1, 0.15) is 42.7 Å². The predicted molar refractivity (Wildman–Crippen MR) is 159 cm³/mol. The summed E-state index contributed by atoms with van der Waals surface area (Å²) in [6.07, 6.45) is 2.66. The van der Waals surface area contributed by atoms with Crippen molar-refractivity contribution in [2.75, 3.05) is 20.2 Å². The summed E-state index contributed by atoms with van der Waals surface area (Å²) in [5.74, 6) is -1.23. The molecular weight excluding hydrogens is 536 g/mol. The quantitative estimate of drug-likeness (QED) is 0.255. The number of likely N-dealkylation sites (tertiary alicyclic amines) is 1. The monoisotopic (exact) mass is 566 g/mol. The molecule has 214 valence electrons. The SMILES string of the molecule is COc1ccc2cc([C@@H](CC(=O)N3CCCCC3)c3c(O)cc(O)c4c(=O)cc(-c5ccccc5)oc34)c(=O)[nH]c2c1. The van der Waals surface area contributed by atoms with E-state index in [2.05, 4.69) is 4.98 Å². The number of rotatable bonds is 6. The van der Waals surface area contributed by atoms with E-state index < -0.39 is 22.7 Å². The summed E-state index contributed by atoms with van der Waals surface area (Å²) in [4.78, 5) is 45.3. The lowest BCUT2D eigenvalue weighted by Crippen LogP contribution is -2.37. The highest BCUT2D eigenvalue weighted by atomic mass is 16.5. The van der Waals surface area contributed by atoms with E-state index in [9.17, 15) is 24.6 Å². The minimum atomic E-state index is -0.994. The maximum Gasteiger partial charge on any atom is 0.252 e. The van der Waals surface area contributed by atoms with Gasteiger partial charge in [-0.25, -0.2) is 0 Å². The molecule has 42 heavy (non-hydrogen) atoms. The van der Waals surface area contributed by atoms with Gasteiger partial charge >= 0.3 is 0 Å². The first kappa shape index (κ1) is 27.1. The summed E-state index contributed by atoms with van der Waals surface area (Å²) in [7, 11) is 1.53. The van der Waals surface area contributed by atoms with Crippen LogP contribution in [0.4, 0.5) is 0 Å². The van der Waals surface area contributed by atoms with Gasteiger partial charge in [0.1, 0.15) is 34.0 Å². The Morgan fingerprint density at radius 2 is 1.74 bits per heavy atom. The summed E-state index contributed by atoms with van der Waals surface area (Å²) in [6.45, 7) is 1.21. The Labute approximate surface area is 240 Å². The van der Waals surface area contributed by atoms with Gasteiger partial charge in [-0.15, -0.1) is 0 Å². The average Bonchev–Trinajstić information content (AvgIpc) is 3.00. The summed E-state index contributed by atoms with van der Waals surface area (Å²) in [5.41, 5.74) is 0.397. The highest BCUT2D eigenvalue weighted by Crippen LogP contribution is 2.43. The van der Waals surface area contributed by atoms with Gasteiger partial charge in [0, 0.05) is 60.3 Å². The summed E-state index contributed by atoms with van der Waals surface area (Å²) >= 11 is 0. The molecule has 3 aromatic carbocycles. The number of aromatic nitrogens is 1. The van der Waals surface area contributed by atoms with E-state index in [4.69, 9.17) is 9.15 Å². The lowest BCUT2D eigenvalue weighted by atomic mass is 9.85. The normalized spacial score (nSPS) is 14.3. The van der Waals surface area contributed by atoms with Crippen LogP contribution in [0.3, 0.4) is 0 Å². The third-order valence-corrected chi connectivity index (χ3v) is 7.95. The topological polar surface area (TPSA) is 133 Å². The fourth-order valence-corrected chi connectivity index (χ4v) is 5.80. The van der Waals surface area contributed by atoms with Crippen molar-refractivity contribution in [3.05, 3.63) is 98.4 Å². The van der Waals surface area contributed by atoms with Crippen molar-refractivity contribution in [1.29, 1.82) is 0 Å². The predicted octanol–water partition coefficient (Wildman–Crippen LogP) is 5.26. The van der Waals surface area contributed by atoms with Crippen LogP contribution in [0.25, 0.3) is 33.2 Å². The largest absolute Gasteiger partial charge is 0.507 e. The van der Waals surface area contributed by atoms with E-state index in [1.54, 1.807) is 53.4 Å². The van der Waals surface area contributed by atoms with Crippen molar-refractivity contribution < 1.29 is 24.2 Å². The fraction of sp³-hybridized carbons (Fsp3) is 0.242. The second-order valence-corrected chi connectivity index (χ2v) is 10.6. The Balaban J connectivity index is 1.60. The number of methoxy groups -OCH3 is 1. The first-order valence-corrected chi connectivity index (χ1v) is 13.9. The first-order valence-electron chi connectivity index (χ1n) is 13.9. The van der Waals surface area contributed by atoms with E-state index in [0.717, 1.165) is 25.3 Å². The van der Waals surface area contributed by atoms with Crippen LogP contribution in [0.2, 0.25) is 0 Å². The smallest absolute Gasteiger partial charge is 0.252 e. The van der Waals surface area contributed by atoms with Crippen molar-refractivity contribution in [3.63, 3.8) is 0 Å². The number of aromatic amines is 1. The van der Waals surface area contributed by atoms with Crippen molar-refractivity contribution in [1.82, 2.24) is 9.88 Å². The van der Waals surface area contributed by atoms with Crippen molar-refractivity contribution in [2.45, 2.75) is 31.6 Å². The Morgan fingerprint density at radius 1 is 0.976 bits per heavy atom. The maximum absolute atomic E-state index is 13.7. The zero-order chi connectivity index (χ0) is 29.4. The molecule has 0 spiro atoms. The van der Waals surface area contributed by atoms with Crippen LogP contribution < -0.4 is 15.7 Å². The molecular formula is C33H30N2O7. The molecule has 1 fully saturated rings. The number of hydrogen-bond acceptors (Lipinski definition) is 7. The number of nitrogens with one attached hydrogen (secondary N) is 1. The second-order valence-electron chi connectivity index (χ2n) is 10.6. The van der Waals surface area contributed by atoms with Gasteiger partial charge in [0.05, 0.1) is 12.6 Å². The minimum Gasteiger partial charge on any atom is -0.507 e. The second kappa shape index (κ2) is 11.1. The molecule has 1 atom stereocenters. The molecule has 9 nitrogen and oxygen atoms in total. The summed E-state index contributed by atoms with van der Waals surface area (Å²) < 4.78 is 11.5. The number of piperidine rings is 1. The highest BCUT2D eigenvalue weighted by Gasteiger charge is 2.31. The number of carbonyl (C=O) groups excluding carboxylic acids is 1. The number of hydrogen-bond donors (Lipinski definition) is 3. The van der Waals surface area contributed by atoms with Crippen LogP contribution in [0, 0.1) is 0 Å². The lowest BCUT2D eigenvalue weighted by molar-refractivity contribution is -0.132. The molecule has 6 rings (SSSR count). The third-order valence-electron chi connectivity index (χ3n) is 7.95. The Kier molecular flexibility index (Phi) is 7.16. The number of benzene rings is 3. The number of H-pyrrole nitrogens is 1. The van der Waals surface area contributed by atoms with Gasteiger partial charge < -0.3 is 29.3 Å². The van der Waals surface area contributed by atoms with E-state index in [-0.39, 0.29) is 45.9 Å². The van der Waals surface area contributed by atoms with Crippen molar-refractivity contribution in [3.8, 4) is 28.6 Å². The fourth-order valence-electron chi connectivity index (χ4n) is 5.80. The molecule has 1 saturated heterocycles. The van der Waals surface area contributed by atoms with Crippen molar-refractivity contribution in [2.24, 2.45) is 0 Å². The van der Waals surface area contributed by atoms with Crippen molar-refractivity contribution >= 4 is 27.8 Å². The van der Waals surface area contributed by atoms with Gasteiger partial charge in [0.25, 0.3) is 5.56 Å². The van der Waals surface area contributed by atoms with E-state index in [0.29, 0.717) is 35.3 Å². The molecule has 2 aromatic heterocycles. The number of carbonyl (C=O) groups is 1. The molecule has 5 aromatic rings. The summed E-state index contributed by atoms with van der Waals surface area (Å²) in [5, 5.41) is 22.6. The van der Waals surface area contributed by atoms with E-state index >= 15 is 0 Å². The Morgan fingerprint density at radius 3 is 2.48 bits per heavy atom. The summed E-state index contributed by atoms with van der Waals surface area (Å²) in [6, 6.07) is 18.2. The average molecular weight is 567 g/mol. The number of ether oxygens (including phenoxy) is 1. The number of aromatic hydroxyl groups is 2. The van der Waals surface area contributed by atoms with Gasteiger partial charge in [-0.3, -0.25) is 14.4 Å². The van der Waals surface area contributed by atoms with Crippen LogP contribution in [0.5, 0.6) is 17.2 Å². The van der Waals surface area contributed by atoms with Gasteiger partial charge in [0.15, 0.2) is 5.43 Å². The molecule has 3 heterocycles. The lowest BCUT2D eigenvalue weighted by Gasteiger charge is -2.29. The van der Waals surface area contributed by atoms with E-state index in [1.807, 2.05) is 6.07 Å². The number of fused-ring (bicyclic) bond motifs is 2. The molecule has 0 saturated carbocycles. The van der Waals surface area contributed by atoms with Crippen LogP contribution in [-0.4, -0.2) is 46.2 Å². The number of pyridine rings is 1. The molecule has 1 aliphatic rings. The standard InChI is InChI=1S/C33H30N2O7/c1-41-21-11-10-20-14-23(33(40)34-24(20)15-21)22(16-29(39)35-12-6-3-7-13-35)30-25(36)17-26(37)31-27(38)18-28(42-32(30)31)19-8-4-2-5-9-19/h2,4-5,8-11,14-15,17-18,22,36-37H,3,6-7,12-13,16H2,1H3,(H,34,40)/t22-/m1/s1. The van der Waals surface area contributed by atoms with Gasteiger partial charge in [-0.05, 0) is 42.8 Å². The number of phenols is 2. The van der Waals surface area contributed by atoms with Crippen LogP contribution >= 0.6 is 0 Å². The third kappa shape index (κ3) is 4.98. The van der Waals surface area contributed by atoms with Crippen LogP contribution in [-0.2, 0) is 4.79 Å². The molecule has 9 heteroatoms. The molecule has 1 aliphatic heterocycles. The zero-order valence-corrected chi connectivity index (χ0v) is 23.1. The van der Waals surface area contributed by atoms with E-state index in [1.165, 1.54) is 13.2 Å². The number of phenolic OH excluding ortho intramolecular Hbond substituents is 2. The molecule has 0 bridgehead atoms. The molecule has 3 N–H and O–H groups in total. The molecule has 0 radical (unpaired) electrons. The van der Waals surface area contributed by atoms with Gasteiger partial charge in [0.2, 0.25) is 5.91 Å². The highest BCUT2D eigenvalue weighted by molar-refractivity contribution is 5.91. The molecule has 1 amide bonds. The number of nitrogens with zero attached hydrogens (tertiary/aromatic N) is 1. The maximum atomic E-state index is 13.7. The zero-order valence-electron chi connectivity index (χ0n) is 23.1. The van der Waals surface area contributed by atoms with Crippen LogP contribution in [0.15, 0.2) is 80.7 Å². The van der Waals surface area contributed by atoms with Gasteiger partial charge in [-0.2, -0.15) is 0 Å².